The number of amides is 1. The van der Waals surface area contributed by atoms with Crippen LogP contribution in [-0.4, -0.2) is 46.4 Å². The first-order valence-electron chi connectivity index (χ1n) is 10.0. The van der Waals surface area contributed by atoms with Gasteiger partial charge in [0.05, 0.1) is 19.1 Å². The molecule has 0 bridgehead atoms. The summed E-state index contributed by atoms with van der Waals surface area (Å²) in [6, 6.07) is 13.3. The number of fused-ring (bicyclic) bond motifs is 1. The molecule has 0 N–H and O–H groups in total. The lowest BCUT2D eigenvalue weighted by Crippen LogP contribution is -2.35. The van der Waals surface area contributed by atoms with E-state index in [0.29, 0.717) is 36.7 Å². The summed E-state index contributed by atoms with van der Waals surface area (Å²) in [5.41, 5.74) is 1.93. The zero-order valence-electron chi connectivity index (χ0n) is 18.1. The molecule has 0 radical (unpaired) electrons. The Kier molecular flexibility index (Phi) is 6.23. The molecule has 4 rings (SSSR count). The number of benzene rings is 2. The number of hydrogen-bond acceptors (Lipinski definition) is 6. The zero-order valence-corrected chi connectivity index (χ0v) is 19.7. The minimum atomic E-state index is -3.72. The van der Waals surface area contributed by atoms with Gasteiger partial charge in [-0.2, -0.15) is 4.31 Å². The number of methoxy groups -OCH3 is 2. The number of carbonyl (C=O) groups excluding carboxylic acids is 1. The van der Waals surface area contributed by atoms with Gasteiger partial charge in [-0.3, -0.25) is 4.79 Å². The van der Waals surface area contributed by atoms with Gasteiger partial charge in [0.25, 0.3) is 5.91 Å². The Labute approximate surface area is 191 Å². The standard InChI is InChI=1S/C23H24N2O5S2/c1-24(18-7-8-20(29-2)21(14-18)30-3)23(26)16-5-4-6-19(13-16)32(27,28)25-11-9-22-17(15-25)10-12-31-22/h4-8,10,12-14H,9,11,15H2,1-3H3. The molecule has 0 unspecified atom stereocenters. The molecule has 0 fully saturated rings. The van der Waals surface area contributed by atoms with Crippen LogP contribution in [0.25, 0.3) is 0 Å². The normalized spacial score (nSPS) is 14.0. The number of sulfonamides is 1. The van der Waals surface area contributed by atoms with Crippen LogP contribution in [0, 0.1) is 0 Å². The van der Waals surface area contributed by atoms with Crippen molar-refractivity contribution in [3.05, 3.63) is 69.9 Å². The molecule has 0 atom stereocenters. The molecule has 1 aromatic heterocycles. The summed E-state index contributed by atoms with van der Waals surface area (Å²) in [4.78, 5) is 15.9. The van der Waals surface area contributed by atoms with Crippen LogP contribution in [0.1, 0.15) is 20.8 Å². The third kappa shape index (κ3) is 4.11. The maximum absolute atomic E-state index is 13.3. The van der Waals surface area contributed by atoms with Crippen molar-refractivity contribution in [2.45, 2.75) is 17.9 Å². The van der Waals surface area contributed by atoms with Crippen LogP contribution in [0.15, 0.2) is 58.8 Å². The Morgan fingerprint density at radius 3 is 2.59 bits per heavy atom. The molecular weight excluding hydrogens is 448 g/mol. The van der Waals surface area contributed by atoms with Crippen molar-refractivity contribution < 1.29 is 22.7 Å². The molecule has 9 heteroatoms. The fourth-order valence-corrected chi connectivity index (χ4v) is 6.07. The number of anilines is 1. The Morgan fingerprint density at radius 2 is 1.84 bits per heavy atom. The minimum absolute atomic E-state index is 0.114. The highest BCUT2D eigenvalue weighted by Crippen LogP contribution is 2.32. The van der Waals surface area contributed by atoms with Crippen LogP contribution in [0.2, 0.25) is 0 Å². The molecule has 3 aromatic rings. The van der Waals surface area contributed by atoms with Gasteiger partial charge in [-0.05, 0) is 53.8 Å². The van der Waals surface area contributed by atoms with E-state index in [4.69, 9.17) is 9.47 Å². The van der Waals surface area contributed by atoms with Crippen LogP contribution in [0.4, 0.5) is 5.69 Å². The first-order valence-corrected chi connectivity index (χ1v) is 12.3. The Morgan fingerprint density at radius 1 is 1.06 bits per heavy atom. The summed E-state index contributed by atoms with van der Waals surface area (Å²) in [5, 5.41) is 1.99. The van der Waals surface area contributed by atoms with Gasteiger partial charge in [0, 0.05) is 42.3 Å². The van der Waals surface area contributed by atoms with E-state index in [1.807, 2.05) is 11.4 Å². The average Bonchev–Trinajstić information content (AvgIpc) is 3.30. The maximum Gasteiger partial charge on any atom is 0.258 e. The number of nitrogens with zero attached hydrogens (tertiary/aromatic N) is 2. The molecule has 7 nitrogen and oxygen atoms in total. The lowest BCUT2D eigenvalue weighted by Gasteiger charge is -2.26. The highest BCUT2D eigenvalue weighted by Gasteiger charge is 2.29. The molecule has 0 saturated heterocycles. The smallest absolute Gasteiger partial charge is 0.258 e. The monoisotopic (exact) mass is 472 g/mol. The molecule has 0 saturated carbocycles. The second kappa shape index (κ2) is 8.93. The van der Waals surface area contributed by atoms with Crippen molar-refractivity contribution in [1.82, 2.24) is 4.31 Å². The highest BCUT2D eigenvalue weighted by molar-refractivity contribution is 7.89. The summed E-state index contributed by atoms with van der Waals surface area (Å²) >= 11 is 1.66. The zero-order chi connectivity index (χ0) is 22.9. The van der Waals surface area contributed by atoms with Gasteiger partial charge in [0.15, 0.2) is 11.5 Å². The molecule has 1 amide bonds. The summed E-state index contributed by atoms with van der Waals surface area (Å²) in [5.74, 6) is 0.729. The largest absolute Gasteiger partial charge is 0.493 e. The molecule has 2 aromatic carbocycles. The van der Waals surface area contributed by atoms with E-state index in [1.165, 1.54) is 33.3 Å². The second-order valence-electron chi connectivity index (χ2n) is 7.39. The number of ether oxygens (including phenoxy) is 2. The van der Waals surface area contributed by atoms with Crippen molar-refractivity contribution >= 4 is 33.0 Å². The predicted molar refractivity (Wildman–Crippen MR) is 124 cm³/mol. The van der Waals surface area contributed by atoms with Crippen molar-refractivity contribution in [3.8, 4) is 11.5 Å². The maximum atomic E-state index is 13.3. The third-order valence-corrected chi connectivity index (χ3v) is 8.41. The lowest BCUT2D eigenvalue weighted by molar-refractivity contribution is 0.0992. The van der Waals surface area contributed by atoms with Crippen LogP contribution in [0.3, 0.4) is 0 Å². The van der Waals surface area contributed by atoms with E-state index in [2.05, 4.69) is 0 Å². The van der Waals surface area contributed by atoms with Crippen molar-refractivity contribution in [2.75, 3.05) is 32.7 Å². The van der Waals surface area contributed by atoms with E-state index >= 15 is 0 Å². The van der Waals surface area contributed by atoms with Gasteiger partial charge < -0.3 is 14.4 Å². The van der Waals surface area contributed by atoms with E-state index in [9.17, 15) is 13.2 Å². The lowest BCUT2D eigenvalue weighted by atomic mass is 10.1. The number of hydrogen-bond donors (Lipinski definition) is 0. The van der Waals surface area contributed by atoms with E-state index in [-0.39, 0.29) is 16.4 Å². The van der Waals surface area contributed by atoms with Crippen molar-refractivity contribution in [1.29, 1.82) is 0 Å². The number of carbonyl (C=O) groups is 1. The first-order chi connectivity index (χ1) is 15.3. The predicted octanol–water partition coefficient (Wildman–Crippen LogP) is 3.79. The van der Waals surface area contributed by atoms with E-state index in [0.717, 1.165) is 5.56 Å². The first kappa shape index (κ1) is 22.3. The molecule has 1 aliphatic rings. The van der Waals surface area contributed by atoms with Crippen LogP contribution >= 0.6 is 11.3 Å². The van der Waals surface area contributed by atoms with Gasteiger partial charge in [0.1, 0.15) is 0 Å². The van der Waals surface area contributed by atoms with Gasteiger partial charge in [-0.25, -0.2) is 8.42 Å². The summed E-state index contributed by atoms with van der Waals surface area (Å²) < 4.78 is 38.6. The van der Waals surface area contributed by atoms with Gasteiger partial charge in [-0.1, -0.05) is 6.07 Å². The van der Waals surface area contributed by atoms with Crippen LogP contribution in [-0.2, 0) is 23.0 Å². The van der Waals surface area contributed by atoms with Gasteiger partial charge >= 0.3 is 0 Å². The molecule has 0 spiro atoms. The molecule has 32 heavy (non-hydrogen) atoms. The molecular formula is C23H24N2O5S2. The fourth-order valence-electron chi connectivity index (χ4n) is 3.71. The Balaban J connectivity index is 1.59. The van der Waals surface area contributed by atoms with E-state index < -0.39 is 10.0 Å². The average molecular weight is 473 g/mol. The van der Waals surface area contributed by atoms with Crippen molar-refractivity contribution in [3.63, 3.8) is 0 Å². The highest BCUT2D eigenvalue weighted by atomic mass is 32.2. The van der Waals surface area contributed by atoms with Crippen molar-refractivity contribution in [2.24, 2.45) is 0 Å². The van der Waals surface area contributed by atoms with Gasteiger partial charge in [-0.15, -0.1) is 11.3 Å². The fraction of sp³-hybridized carbons (Fsp3) is 0.261. The molecule has 168 valence electrons. The number of rotatable bonds is 6. The number of thiophene rings is 1. The summed E-state index contributed by atoms with van der Waals surface area (Å²) in [6.07, 6.45) is 0.701. The molecule has 0 aliphatic carbocycles. The van der Waals surface area contributed by atoms with Crippen LogP contribution in [0.5, 0.6) is 11.5 Å². The molecule has 1 aliphatic heterocycles. The van der Waals surface area contributed by atoms with Crippen LogP contribution < -0.4 is 14.4 Å². The summed E-state index contributed by atoms with van der Waals surface area (Å²) in [6.45, 7) is 0.782. The third-order valence-electron chi connectivity index (χ3n) is 5.55. The topological polar surface area (TPSA) is 76.2 Å². The summed E-state index contributed by atoms with van der Waals surface area (Å²) in [7, 11) is 0.981. The Hall–Kier alpha value is -2.88. The SMILES string of the molecule is COc1ccc(N(C)C(=O)c2cccc(S(=O)(=O)N3CCc4sccc4C3)c2)cc1OC. The Bertz CT molecular complexity index is 1250. The molecule has 2 heterocycles. The second-order valence-corrected chi connectivity index (χ2v) is 10.3. The minimum Gasteiger partial charge on any atom is -0.493 e. The quantitative estimate of drug-likeness (QED) is 0.546. The van der Waals surface area contributed by atoms with Gasteiger partial charge in [0.2, 0.25) is 10.0 Å². The van der Waals surface area contributed by atoms with E-state index in [1.54, 1.807) is 55.8 Å².